The summed E-state index contributed by atoms with van der Waals surface area (Å²) in [4.78, 5) is 0. The lowest BCUT2D eigenvalue weighted by Gasteiger charge is -2.12. The minimum Gasteiger partial charge on any atom is -0.0587 e. The molecule has 0 fully saturated rings. The van der Waals surface area contributed by atoms with Crippen LogP contribution in [-0.2, 0) is 0 Å². The van der Waals surface area contributed by atoms with E-state index < -0.39 is 0 Å². The Kier molecular flexibility index (Phi) is 3.13. The molecule has 0 bridgehead atoms. The molecule has 0 atom stereocenters. The first kappa shape index (κ1) is 10.3. The van der Waals surface area contributed by atoms with Crippen LogP contribution in [0.3, 0.4) is 0 Å². The lowest BCUT2D eigenvalue weighted by molar-refractivity contribution is 0.861. The molecule has 1 rings (SSSR count). The molecule has 1 aromatic carbocycles. The van der Waals surface area contributed by atoms with Gasteiger partial charge in [-0.2, -0.15) is 0 Å². The molecule has 0 nitrogen and oxygen atoms in total. The number of benzene rings is 1. The van der Waals surface area contributed by atoms with Crippen LogP contribution in [0.15, 0.2) is 18.2 Å². The molecule has 71 valence electrons. The van der Waals surface area contributed by atoms with E-state index in [1.165, 1.54) is 22.6 Å². The first-order chi connectivity index (χ1) is 6.00. The van der Waals surface area contributed by atoms with Crippen LogP contribution in [0.5, 0.6) is 0 Å². The summed E-state index contributed by atoms with van der Waals surface area (Å²) >= 11 is 0. The Balaban J connectivity index is 3.11. The van der Waals surface area contributed by atoms with E-state index in [2.05, 4.69) is 52.8 Å². The first-order valence-corrected chi connectivity index (χ1v) is 4.93. The number of rotatable bonds is 2. The van der Waals surface area contributed by atoms with Gasteiger partial charge >= 0.3 is 0 Å². The topological polar surface area (TPSA) is 0 Å². The molecule has 0 spiro atoms. The van der Waals surface area contributed by atoms with E-state index >= 15 is 0 Å². The lowest BCUT2D eigenvalue weighted by atomic mass is 9.94. The second kappa shape index (κ2) is 3.95. The van der Waals surface area contributed by atoms with E-state index in [1.54, 1.807) is 0 Å². The third kappa shape index (κ3) is 2.58. The van der Waals surface area contributed by atoms with Gasteiger partial charge in [-0.3, -0.25) is 0 Å². The highest BCUT2D eigenvalue weighted by Gasteiger charge is 2.05. The van der Waals surface area contributed by atoms with Crippen molar-refractivity contribution in [1.29, 1.82) is 0 Å². The largest absolute Gasteiger partial charge is 0.0587 e. The molecular formula is C13H19. The summed E-state index contributed by atoms with van der Waals surface area (Å²) in [6.07, 6.45) is 0. The zero-order valence-electron chi connectivity index (χ0n) is 9.31. The molecule has 0 saturated heterocycles. The quantitative estimate of drug-likeness (QED) is 0.635. The third-order valence-corrected chi connectivity index (χ3v) is 2.34. The third-order valence-electron chi connectivity index (χ3n) is 2.34. The summed E-state index contributed by atoms with van der Waals surface area (Å²) in [5, 5.41) is 0. The van der Waals surface area contributed by atoms with Gasteiger partial charge in [0.15, 0.2) is 0 Å². The van der Waals surface area contributed by atoms with Gasteiger partial charge in [-0.1, -0.05) is 51.5 Å². The predicted octanol–water partition coefficient (Wildman–Crippen LogP) is 4.08. The minimum atomic E-state index is 0.623. The second-order valence-corrected chi connectivity index (χ2v) is 4.29. The number of aryl methyl sites for hydroxylation is 1. The lowest BCUT2D eigenvalue weighted by Crippen LogP contribution is -1.94. The van der Waals surface area contributed by atoms with Crippen LogP contribution in [0.1, 0.15) is 50.3 Å². The van der Waals surface area contributed by atoms with Gasteiger partial charge < -0.3 is 0 Å². The molecule has 1 aromatic rings. The average molecular weight is 175 g/mol. The van der Waals surface area contributed by atoms with Crippen molar-refractivity contribution in [2.75, 3.05) is 0 Å². The smallest absolute Gasteiger partial charge is 0.00118 e. The number of hydrogen-bond acceptors (Lipinski definition) is 0. The first-order valence-electron chi connectivity index (χ1n) is 4.93. The maximum absolute atomic E-state index is 2.30. The van der Waals surface area contributed by atoms with Gasteiger partial charge in [0.2, 0.25) is 0 Å². The highest BCUT2D eigenvalue weighted by molar-refractivity contribution is 5.37. The molecule has 0 heteroatoms. The molecule has 0 aliphatic carbocycles. The fourth-order valence-corrected chi connectivity index (χ4v) is 1.43. The van der Waals surface area contributed by atoms with Gasteiger partial charge in [0, 0.05) is 0 Å². The van der Waals surface area contributed by atoms with E-state index in [4.69, 9.17) is 0 Å². The average Bonchev–Trinajstić information content (AvgIpc) is 2.03. The highest BCUT2D eigenvalue weighted by atomic mass is 14.1. The van der Waals surface area contributed by atoms with Crippen LogP contribution in [0.4, 0.5) is 0 Å². The van der Waals surface area contributed by atoms with Crippen molar-refractivity contribution in [1.82, 2.24) is 0 Å². The molecule has 0 heterocycles. The summed E-state index contributed by atoms with van der Waals surface area (Å²) in [5.74, 6) is 2.02. The molecule has 1 radical (unpaired) electrons. The van der Waals surface area contributed by atoms with Crippen LogP contribution < -0.4 is 0 Å². The van der Waals surface area contributed by atoms with Gasteiger partial charge in [-0.05, 0) is 29.9 Å². The maximum atomic E-state index is 2.30. The molecular weight excluding hydrogens is 156 g/mol. The van der Waals surface area contributed by atoms with Crippen LogP contribution in [-0.4, -0.2) is 0 Å². The van der Waals surface area contributed by atoms with Crippen molar-refractivity contribution >= 4 is 0 Å². The van der Waals surface area contributed by atoms with Gasteiger partial charge in [0.1, 0.15) is 0 Å². The Hall–Kier alpha value is -0.780. The fourth-order valence-electron chi connectivity index (χ4n) is 1.43. The second-order valence-electron chi connectivity index (χ2n) is 4.29. The molecule has 0 unspecified atom stereocenters. The highest BCUT2D eigenvalue weighted by Crippen LogP contribution is 2.22. The Morgan fingerprint density at radius 2 is 1.69 bits per heavy atom. The van der Waals surface area contributed by atoms with E-state index in [0.717, 1.165) is 0 Å². The molecule has 0 aliphatic rings. The van der Waals surface area contributed by atoms with Gasteiger partial charge in [0.25, 0.3) is 0 Å². The molecule has 0 N–H and O–H groups in total. The van der Waals surface area contributed by atoms with Crippen LogP contribution >= 0.6 is 0 Å². The van der Waals surface area contributed by atoms with Gasteiger partial charge in [0.05, 0.1) is 0 Å². The van der Waals surface area contributed by atoms with E-state index in [1.807, 2.05) is 0 Å². The maximum Gasteiger partial charge on any atom is -0.00118 e. The van der Waals surface area contributed by atoms with Gasteiger partial charge in [-0.15, -0.1) is 0 Å². The van der Waals surface area contributed by atoms with Crippen LogP contribution in [0.25, 0.3) is 0 Å². The van der Waals surface area contributed by atoms with Gasteiger partial charge in [-0.25, -0.2) is 0 Å². The fraction of sp³-hybridized carbons (Fsp3) is 0.462. The van der Waals surface area contributed by atoms with E-state index in [0.29, 0.717) is 5.92 Å². The van der Waals surface area contributed by atoms with E-state index in [-0.39, 0.29) is 0 Å². The van der Waals surface area contributed by atoms with E-state index in [9.17, 15) is 0 Å². The monoisotopic (exact) mass is 175 g/mol. The Morgan fingerprint density at radius 1 is 1.08 bits per heavy atom. The Labute approximate surface area is 82.0 Å². The van der Waals surface area contributed by atoms with Crippen LogP contribution in [0, 0.1) is 12.8 Å². The normalized spacial score (nSPS) is 11.3. The van der Waals surface area contributed by atoms with Crippen molar-refractivity contribution in [3.63, 3.8) is 0 Å². The summed E-state index contributed by atoms with van der Waals surface area (Å²) in [5.41, 5.74) is 4.18. The summed E-state index contributed by atoms with van der Waals surface area (Å²) < 4.78 is 0. The van der Waals surface area contributed by atoms with Crippen molar-refractivity contribution < 1.29 is 0 Å². The Bertz CT molecular complexity index is 256. The summed E-state index contributed by atoms with van der Waals surface area (Å²) in [7, 11) is 0. The summed E-state index contributed by atoms with van der Waals surface area (Å²) in [6.45, 7) is 11.0. The van der Waals surface area contributed by atoms with Crippen molar-refractivity contribution in [3.05, 3.63) is 40.8 Å². The standard InChI is InChI=1S/C13H19/c1-9(2)12-6-11(5)7-13(8-12)10(3)4/h6-9H,1-5H3. The van der Waals surface area contributed by atoms with Crippen molar-refractivity contribution in [3.8, 4) is 0 Å². The zero-order chi connectivity index (χ0) is 10.0. The molecule has 0 aliphatic heterocycles. The van der Waals surface area contributed by atoms with Crippen molar-refractivity contribution in [2.45, 2.75) is 40.5 Å². The number of hydrogen-bond donors (Lipinski definition) is 0. The molecule has 0 amide bonds. The summed E-state index contributed by atoms with van der Waals surface area (Å²) in [6, 6.07) is 6.82. The zero-order valence-corrected chi connectivity index (χ0v) is 9.31. The predicted molar refractivity (Wildman–Crippen MR) is 59.0 cm³/mol. The molecule has 13 heavy (non-hydrogen) atoms. The van der Waals surface area contributed by atoms with Crippen LogP contribution in [0.2, 0.25) is 0 Å². The SMILES string of the molecule is C[C](C)c1cc(C)cc(C(C)C)c1. The molecule has 0 saturated carbocycles. The minimum absolute atomic E-state index is 0.623. The Morgan fingerprint density at radius 3 is 2.15 bits per heavy atom. The molecule has 0 aromatic heterocycles. The van der Waals surface area contributed by atoms with Crippen molar-refractivity contribution in [2.24, 2.45) is 0 Å².